The molecule has 1 fully saturated rings. The molecule has 0 radical (unpaired) electrons. The average Bonchev–Trinajstić information content (AvgIpc) is 2.25. The Kier molecular flexibility index (Phi) is 3.49. The molecule has 0 aromatic heterocycles. The summed E-state index contributed by atoms with van der Waals surface area (Å²) in [7, 11) is 2.14. The second-order valence-corrected chi connectivity index (χ2v) is 4.46. The maximum absolute atomic E-state index is 6.04. The van der Waals surface area contributed by atoms with Gasteiger partial charge >= 0.3 is 0 Å². The van der Waals surface area contributed by atoms with Gasteiger partial charge in [-0.15, -0.1) is 0 Å². The quantitative estimate of drug-likeness (QED) is 0.768. The molecule has 15 heavy (non-hydrogen) atoms. The fourth-order valence-electron chi connectivity index (χ4n) is 1.82. The summed E-state index contributed by atoms with van der Waals surface area (Å²) in [6.07, 6.45) is 2.49. The number of halogens is 1. The monoisotopic (exact) mass is 225 g/mol. The number of para-hydroxylation sites is 1. The molecule has 0 amide bonds. The number of benzene rings is 1. The van der Waals surface area contributed by atoms with Gasteiger partial charge in [-0.2, -0.15) is 0 Å². The lowest BCUT2D eigenvalue weighted by molar-refractivity contribution is 0.114. The van der Waals surface area contributed by atoms with Crippen molar-refractivity contribution in [3.05, 3.63) is 29.3 Å². The second kappa shape index (κ2) is 4.86. The Balaban J connectivity index is 1.95. The van der Waals surface area contributed by atoms with Gasteiger partial charge in [-0.25, -0.2) is 0 Å². The number of hydrogen-bond acceptors (Lipinski definition) is 2. The number of rotatable bonds is 2. The third-order valence-electron chi connectivity index (χ3n) is 2.80. The standard InChI is InChI=1S/C12H16ClNO/c1-14-8-6-10(7-9-14)15-12-5-3-2-4-11(12)13/h2-5,10H,6-9H2,1H3. The van der Waals surface area contributed by atoms with E-state index < -0.39 is 0 Å². The van der Waals surface area contributed by atoms with Gasteiger partial charge in [0.05, 0.1) is 5.02 Å². The summed E-state index contributed by atoms with van der Waals surface area (Å²) in [6.45, 7) is 2.21. The molecule has 3 heteroatoms. The highest BCUT2D eigenvalue weighted by Gasteiger charge is 2.18. The summed E-state index contributed by atoms with van der Waals surface area (Å²) in [6, 6.07) is 7.67. The molecular weight excluding hydrogens is 210 g/mol. The summed E-state index contributed by atoms with van der Waals surface area (Å²) in [4.78, 5) is 2.33. The van der Waals surface area contributed by atoms with E-state index in [4.69, 9.17) is 16.3 Å². The zero-order valence-corrected chi connectivity index (χ0v) is 9.70. The number of hydrogen-bond donors (Lipinski definition) is 0. The molecule has 0 N–H and O–H groups in total. The fraction of sp³-hybridized carbons (Fsp3) is 0.500. The van der Waals surface area contributed by atoms with E-state index in [-0.39, 0.29) is 0 Å². The molecule has 1 aromatic carbocycles. The van der Waals surface area contributed by atoms with E-state index in [1.807, 2.05) is 24.3 Å². The van der Waals surface area contributed by atoms with Crippen LogP contribution in [0.25, 0.3) is 0 Å². The van der Waals surface area contributed by atoms with E-state index in [2.05, 4.69) is 11.9 Å². The van der Waals surface area contributed by atoms with E-state index in [9.17, 15) is 0 Å². The van der Waals surface area contributed by atoms with Crippen LogP contribution in [0.1, 0.15) is 12.8 Å². The topological polar surface area (TPSA) is 12.5 Å². The van der Waals surface area contributed by atoms with Crippen LogP contribution in [-0.4, -0.2) is 31.1 Å². The van der Waals surface area contributed by atoms with Gasteiger partial charge in [0.15, 0.2) is 0 Å². The molecule has 1 heterocycles. The minimum Gasteiger partial charge on any atom is -0.489 e. The number of likely N-dealkylation sites (tertiary alicyclic amines) is 1. The smallest absolute Gasteiger partial charge is 0.138 e. The van der Waals surface area contributed by atoms with Gasteiger partial charge in [-0.1, -0.05) is 23.7 Å². The normalized spacial score (nSPS) is 19.1. The van der Waals surface area contributed by atoms with Crippen LogP contribution in [0, 0.1) is 0 Å². The van der Waals surface area contributed by atoms with Crippen molar-refractivity contribution in [2.45, 2.75) is 18.9 Å². The predicted molar refractivity (Wildman–Crippen MR) is 62.6 cm³/mol. The van der Waals surface area contributed by atoms with Crippen molar-refractivity contribution in [1.29, 1.82) is 0 Å². The highest BCUT2D eigenvalue weighted by molar-refractivity contribution is 6.32. The zero-order valence-electron chi connectivity index (χ0n) is 8.95. The average molecular weight is 226 g/mol. The lowest BCUT2D eigenvalue weighted by atomic mass is 10.1. The van der Waals surface area contributed by atoms with Crippen molar-refractivity contribution in [2.24, 2.45) is 0 Å². The zero-order chi connectivity index (χ0) is 10.7. The van der Waals surface area contributed by atoms with Crippen molar-refractivity contribution in [3.63, 3.8) is 0 Å². The SMILES string of the molecule is CN1CCC(Oc2ccccc2Cl)CC1. The molecule has 2 nitrogen and oxygen atoms in total. The Morgan fingerprint density at radius 2 is 1.93 bits per heavy atom. The first kappa shape index (κ1) is 10.8. The van der Waals surface area contributed by atoms with Crippen molar-refractivity contribution in [1.82, 2.24) is 4.90 Å². The van der Waals surface area contributed by atoms with Gasteiger partial charge in [0, 0.05) is 13.1 Å². The third-order valence-corrected chi connectivity index (χ3v) is 3.11. The summed E-state index contributed by atoms with van der Waals surface area (Å²) in [5.74, 6) is 0.814. The largest absolute Gasteiger partial charge is 0.489 e. The molecular formula is C12H16ClNO. The van der Waals surface area contributed by atoms with Gasteiger partial charge in [-0.05, 0) is 32.0 Å². The second-order valence-electron chi connectivity index (χ2n) is 4.05. The number of nitrogens with zero attached hydrogens (tertiary/aromatic N) is 1. The molecule has 2 rings (SSSR count). The van der Waals surface area contributed by atoms with Gasteiger partial charge in [-0.3, -0.25) is 0 Å². The van der Waals surface area contributed by atoms with Gasteiger partial charge in [0.25, 0.3) is 0 Å². The van der Waals surface area contributed by atoms with Crippen LogP contribution in [0.2, 0.25) is 5.02 Å². The first-order valence-corrected chi connectivity index (χ1v) is 5.73. The maximum Gasteiger partial charge on any atom is 0.138 e. The van der Waals surface area contributed by atoms with Crippen molar-refractivity contribution >= 4 is 11.6 Å². The third kappa shape index (κ3) is 2.86. The minimum atomic E-state index is 0.320. The van der Waals surface area contributed by atoms with E-state index in [0.29, 0.717) is 11.1 Å². The lowest BCUT2D eigenvalue weighted by Gasteiger charge is -2.29. The summed E-state index contributed by atoms with van der Waals surface area (Å²) in [5, 5.41) is 0.705. The summed E-state index contributed by atoms with van der Waals surface area (Å²) < 4.78 is 5.88. The first-order chi connectivity index (χ1) is 7.25. The van der Waals surface area contributed by atoms with Crippen LogP contribution in [-0.2, 0) is 0 Å². The van der Waals surface area contributed by atoms with Gasteiger partial charge in [0.1, 0.15) is 11.9 Å². The van der Waals surface area contributed by atoms with Gasteiger partial charge < -0.3 is 9.64 Å². The summed E-state index contributed by atoms with van der Waals surface area (Å²) >= 11 is 6.04. The van der Waals surface area contributed by atoms with Crippen molar-refractivity contribution in [2.75, 3.05) is 20.1 Å². The highest BCUT2D eigenvalue weighted by atomic mass is 35.5. The highest BCUT2D eigenvalue weighted by Crippen LogP contribution is 2.26. The van der Waals surface area contributed by atoms with Crippen LogP contribution in [0.3, 0.4) is 0 Å². The Morgan fingerprint density at radius 1 is 1.27 bits per heavy atom. The molecule has 0 spiro atoms. The molecule has 1 saturated heterocycles. The van der Waals surface area contributed by atoms with Crippen molar-refractivity contribution < 1.29 is 4.74 Å². The molecule has 0 saturated carbocycles. The Bertz CT molecular complexity index is 321. The molecule has 1 aliphatic rings. The Morgan fingerprint density at radius 3 is 2.60 bits per heavy atom. The lowest BCUT2D eigenvalue weighted by Crippen LogP contribution is -2.35. The fourth-order valence-corrected chi connectivity index (χ4v) is 2.00. The molecule has 0 unspecified atom stereocenters. The molecule has 1 aromatic rings. The minimum absolute atomic E-state index is 0.320. The van der Waals surface area contributed by atoms with Crippen LogP contribution in [0.4, 0.5) is 0 Å². The van der Waals surface area contributed by atoms with Crippen molar-refractivity contribution in [3.8, 4) is 5.75 Å². The van der Waals surface area contributed by atoms with Crippen LogP contribution >= 0.6 is 11.6 Å². The Hall–Kier alpha value is -0.730. The molecule has 0 aliphatic carbocycles. The van der Waals surface area contributed by atoms with Crippen LogP contribution in [0.5, 0.6) is 5.75 Å². The van der Waals surface area contributed by atoms with E-state index >= 15 is 0 Å². The molecule has 1 aliphatic heterocycles. The first-order valence-electron chi connectivity index (χ1n) is 5.35. The van der Waals surface area contributed by atoms with Crippen LogP contribution in [0.15, 0.2) is 24.3 Å². The number of piperidine rings is 1. The maximum atomic E-state index is 6.04. The van der Waals surface area contributed by atoms with Gasteiger partial charge in [0.2, 0.25) is 0 Å². The van der Waals surface area contributed by atoms with E-state index in [0.717, 1.165) is 31.7 Å². The molecule has 0 bridgehead atoms. The van der Waals surface area contributed by atoms with Crippen LogP contribution < -0.4 is 4.74 Å². The van der Waals surface area contributed by atoms with E-state index in [1.54, 1.807) is 0 Å². The predicted octanol–water partition coefficient (Wildman–Crippen LogP) is 2.81. The Labute approximate surface area is 95.8 Å². The van der Waals surface area contributed by atoms with E-state index in [1.165, 1.54) is 0 Å². The molecule has 0 atom stereocenters. The number of ether oxygens (including phenoxy) is 1. The molecule has 82 valence electrons. The summed E-state index contributed by atoms with van der Waals surface area (Å²) in [5.41, 5.74) is 0.